The number of hydrogen-bond acceptors (Lipinski definition) is 2. The number of hydrogen-bond donors (Lipinski definition) is 1. The average molecular weight is 251 g/mol. The number of benzene rings is 2. The standard InChI is InChI=1S/C16H13NO2/c18-15-13(11-7-3-1-4-8-11)14(16(19)17-15)12-9-5-2-6-10-12/h1-10,13-14H,(H,17,18,19)/t13-,14-/m1/s1. The zero-order valence-corrected chi connectivity index (χ0v) is 10.2. The van der Waals surface area contributed by atoms with Gasteiger partial charge in [0.1, 0.15) is 0 Å². The molecule has 3 nitrogen and oxygen atoms in total. The highest BCUT2D eigenvalue weighted by Gasteiger charge is 2.43. The predicted octanol–water partition coefficient (Wildman–Crippen LogP) is 2.21. The van der Waals surface area contributed by atoms with Crippen molar-refractivity contribution in [3.8, 4) is 0 Å². The molecule has 1 heterocycles. The molecule has 2 amide bonds. The van der Waals surface area contributed by atoms with Crippen molar-refractivity contribution in [3.63, 3.8) is 0 Å². The topological polar surface area (TPSA) is 46.2 Å². The van der Waals surface area contributed by atoms with E-state index >= 15 is 0 Å². The first-order valence-corrected chi connectivity index (χ1v) is 6.22. The minimum atomic E-state index is -0.434. The molecular formula is C16H13NO2. The lowest BCUT2D eigenvalue weighted by Crippen LogP contribution is -2.21. The molecule has 19 heavy (non-hydrogen) atoms. The summed E-state index contributed by atoms with van der Waals surface area (Å²) < 4.78 is 0. The van der Waals surface area contributed by atoms with E-state index in [1.807, 2.05) is 60.7 Å². The Morgan fingerprint density at radius 2 is 1.00 bits per heavy atom. The van der Waals surface area contributed by atoms with E-state index < -0.39 is 11.8 Å². The zero-order chi connectivity index (χ0) is 13.2. The van der Waals surface area contributed by atoms with E-state index in [9.17, 15) is 9.59 Å². The fraction of sp³-hybridized carbons (Fsp3) is 0.125. The number of carbonyl (C=O) groups is 2. The van der Waals surface area contributed by atoms with Gasteiger partial charge in [0.15, 0.2) is 0 Å². The Hall–Kier alpha value is -2.42. The summed E-state index contributed by atoms with van der Waals surface area (Å²) in [5.41, 5.74) is 1.75. The maximum Gasteiger partial charge on any atom is 0.235 e. The quantitative estimate of drug-likeness (QED) is 0.832. The third kappa shape index (κ3) is 2.03. The van der Waals surface area contributed by atoms with Crippen molar-refractivity contribution < 1.29 is 9.59 Å². The van der Waals surface area contributed by atoms with Crippen molar-refractivity contribution in [2.75, 3.05) is 0 Å². The van der Waals surface area contributed by atoms with Gasteiger partial charge in [-0.05, 0) is 11.1 Å². The summed E-state index contributed by atoms with van der Waals surface area (Å²) in [4.78, 5) is 24.1. The summed E-state index contributed by atoms with van der Waals surface area (Å²) in [7, 11) is 0. The van der Waals surface area contributed by atoms with Gasteiger partial charge in [-0.15, -0.1) is 0 Å². The van der Waals surface area contributed by atoms with Crippen molar-refractivity contribution in [3.05, 3.63) is 71.8 Å². The molecule has 1 N–H and O–H groups in total. The monoisotopic (exact) mass is 251 g/mol. The Morgan fingerprint density at radius 3 is 1.37 bits per heavy atom. The number of nitrogens with one attached hydrogen (secondary N) is 1. The van der Waals surface area contributed by atoms with Crippen LogP contribution in [0.4, 0.5) is 0 Å². The summed E-state index contributed by atoms with van der Waals surface area (Å²) >= 11 is 0. The third-order valence-corrected chi connectivity index (χ3v) is 3.46. The Bertz CT molecular complexity index is 552. The highest BCUT2D eigenvalue weighted by Crippen LogP contribution is 2.37. The molecule has 94 valence electrons. The van der Waals surface area contributed by atoms with Gasteiger partial charge in [-0.1, -0.05) is 60.7 Å². The second kappa shape index (κ2) is 4.69. The minimum absolute atomic E-state index is 0.218. The van der Waals surface area contributed by atoms with Crippen LogP contribution in [0.3, 0.4) is 0 Å². The molecule has 1 saturated heterocycles. The van der Waals surface area contributed by atoms with Crippen molar-refractivity contribution in [2.45, 2.75) is 11.8 Å². The van der Waals surface area contributed by atoms with E-state index in [-0.39, 0.29) is 11.8 Å². The molecule has 0 aromatic heterocycles. The van der Waals surface area contributed by atoms with E-state index in [0.29, 0.717) is 0 Å². The van der Waals surface area contributed by atoms with E-state index in [0.717, 1.165) is 11.1 Å². The summed E-state index contributed by atoms with van der Waals surface area (Å²) in [6, 6.07) is 18.9. The highest BCUT2D eigenvalue weighted by molar-refractivity contribution is 6.10. The number of imide groups is 1. The third-order valence-electron chi connectivity index (χ3n) is 3.46. The minimum Gasteiger partial charge on any atom is -0.295 e. The number of amides is 2. The molecule has 1 aliphatic heterocycles. The smallest absolute Gasteiger partial charge is 0.235 e. The van der Waals surface area contributed by atoms with Crippen molar-refractivity contribution in [1.29, 1.82) is 0 Å². The van der Waals surface area contributed by atoms with Crippen LogP contribution in [-0.4, -0.2) is 11.8 Å². The lowest BCUT2D eigenvalue weighted by molar-refractivity contribution is -0.125. The first-order chi connectivity index (χ1) is 9.27. The second-order valence-electron chi connectivity index (χ2n) is 4.63. The van der Waals surface area contributed by atoms with Gasteiger partial charge in [0.25, 0.3) is 0 Å². The molecular weight excluding hydrogens is 238 g/mol. The Morgan fingerprint density at radius 1 is 0.632 bits per heavy atom. The predicted molar refractivity (Wildman–Crippen MR) is 71.5 cm³/mol. The van der Waals surface area contributed by atoms with Gasteiger partial charge >= 0.3 is 0 Å². The molecule has 3 heteroatoms. The largest absolute Gasteiger partial charge is 0.295 e. The van der Waals surface area contributed by atoms with Gasteiger partial charge in [-0.3, -0.25) is 14.9 Å². The summed E-state index contributed by atoms with van der Waals surface area (Å²) in [5, 5.41) is 2.44. The molecule has 2 aromatic rings. The van der Waals surface area contributed by atoms with Gasteiger partial charge in [0.2, 0.25) is 11.8 Å². The van der Waals surface area contributed by atoms with Crippen LogP contribution in [0.15, 0.2) is 60.7 Å². The molecule has 0 spiro atoms. The molecule has 3 rings (SSSR count). The van der Waals surface area contributed by atoms with Crippen molar-refractivity contribution >= 4 is 11.8 Å². The van der Waals surface area contributed by atoms with Gasteiger partial charge < -0.3 is 0 Å². The molecule has 0 saturated carbocycles. The lowest BCUT2D eigenvalue weighted by Gasteiger charge is -2.15. The van der Waals surface area contributed by atoms with Crippen molar-refractivity contribution in [1.82, 2.24) is 5.32 Å². The van der Waals surface area contributed by atoms with Crippen LogP contribution in [0.1, 0.15) is 23.0 Å². The fourth-order valence-electron chi connectivity index (χ4n) is 2.59. The highest BCUT2D eigenvalue weighted by atomic mass is 16.2. The average Bonchev–Trinajstić information content (AvgIpc) is 2.75. The Kier molecular flexibility index (Phi) is 2.88. The first-order valence-electron chi connectivity index (χ1n) is 6.22. The second-order valence-corrected chi connectivity index (χ2v) is 4.63. The van der Waals surface area contributed by atoms with Crippen LogP contribution in [0, 0.1) is 0 Å². The van der Waals surface area contributed by atoms with E-state index in [1.165, 1.54) is 0 Å². The van der Waals surface area contributed by atoms with Gasteiger partial charge in [-0.2, -0.15) is 0 Å². The maximum absolute atomic E-state index is 12.0. The van der Waals surface area contributed by atoms with Crippen LogP contribution in [0.2, 0.25) is 0 Å². The van der Waals surface area contributed by atoms with Crippen LogP contribution in [-0.2, 0) is 9.59 Å². The summed E-state index contributed by atoms with van der Waals surface area (Å²) in [5.74, 6) is -1.30. The lowest BCUT2D eigenvalue weighted by atomic mass is 9.83. The molecule has 2 aromatic carbocycles. The summed E-state index contributed by atoms with van der Waals surface area (Å²) in [6.45, 7) is 0. The van der Waals surface area contributed by atoms with E-state index in [1.54, 1.807) is 0 Å². The zero-order valence-electron chi connectivity index (χ0n) is 10.2. The Labute approximate surface area is 111 Å². The number of rotatable bonds is 2. The first kappa shape index (κ1) is 11.7. The van der Waals surface area contributed by atoms with Crippen LogP contribution < -0.4 is 5.32 Å². The molecule has 1 fully saturated rings. The van der Waals surface area contributed by atoms with Crippen LogP contribution in [0.5, 0.6) is 0 Å². The van der Waals surface area contributed by atoms with E-state index in [2.05, 4.69) is 5.32 Å². The molecule has 1 aliphatic rings. The molecule has 2 atom stereocenters. The maximum atomic E-state index is 12.0. The van der Waals surface area contributed by atoms with Crippen LogP contribution in [0.25, 0.3) is 0 Å². The molecule has 0 bridgehead atoms. The van der Waals surface area contributed by atoms with Gasteiger partial charge in [-0.25, -0.2) is 0 Å². The molecule has 0 unspecified atom stereocenters. The number of carbonyl (C=O) groups excluding carboxylic acids is 2. The van der Waals surface area contributed by atoms with E-state index in [4.69, 9.17) is 0 Å². The fourth-order valence-corrected chi connectivity index (χ4v) is 2.59. The normalized spacial score (nSPS) is 22.3. The van der Waals surface area contributed by atoms with Gasteiger partial charge in [0.05, 0.1) is 11.8 Å². The SMILES string of the molecule is O=C1NC(=O)[C@H](c2ccccc2)[C@H]1c1ccccc1. The molecule has 0 aliphatic carbocycles. The van der Waals surface area contributed by atoms with Crippen molar-refractivity contribution in [2.24, 2.45) is 0 Å². The van der Waals surface area contributed by atoms with Crippen LogP contribution >= 0.6 is 0 Å². The molecule has 0 radical (unpaired) electrons. The Balaban J connectivity index is 2.06. The van der Waals surface area contributed by atoms with Gasteiger partial charge in [0, 0.05) is 0 Å². The summed E-state index contributed by atoms with van der Waals surface area (Å²) in [6.07, 6.45) is 0.